The van der Waals surface area contributed by atoms with Crippen LogP contribution in [0.15, 0.2) is 0 Å². The van der Waals surface area contributed by atoms with Gasteiger partial charge in [-0.15, -0.1) is 0 Å². The van der Waals surface area contributed by atoms with Crippen molar-refractivity contribution >= 4 is 0 Å². The van der Waals surface area contributed by atoms with E-state index in [-0.39, 0.29) is 0 Å². The van der Waals surface area contributed by atoms with Gasteiger partial charge >= 0.3 is 0 Å². The van der Waals surface area contributed by atoms with Crippen LogP contribution in [0.4, 0.5) is 0 Å². The van der Waals surface area contributed by atoms with Crippen molar-refractivity contribution in [1.29, 1.82) is 0 Å². The molecule has 17 heavy (non-hydrogen) atoms. The molecule has 1 aliphatic rings. The lowest BCUT2D eigenvalue weighted by atomic mass is 10.0. The fourth-order valence-corrected chi connectivity index (χ4v) is 2.58. The topological polar surface area (TPSA) is 18.5 Å². The molecule has 102 valence electrons. The number of unbranched alkanes of at least 4 members (excludes halogenated alkanes) is 1. The van der Waals surface area contributed by atoms with Crippen LogP contribution in [0.3, 0.4) is 0 Å². The third-order valence-corrected chi connectivity index (χ3v) is 4.00. The van der Waals surface area contributed by atoms with Crippen molar-refractivity contribution in [2.45, 2.75) is 51.6 Å². The van der Waals surface area contributed by atoms with Gasteiger partial charge in [-0.25, -0.2) is 0 Å². The summed E-state index contributed by atoms with van der Waals surface area (Å²) in [4.78, 5) is 5.01. The van der Waals surface area contributed by atoms with Crippen molar-refractivity contribution in [1.82, 2.24) is 15.1 Å². The number of likely N-dealkylation sites (tertiary alicyclic amines) is 1. The number of nitrogens with zero attached hydrogens (tertiary/aromatic N) is 2. The third kappa shape index (κ3) is 5.36. The Hall–Kier alpha value is -0.120. The van der Waals surface area contributed by atoms with Crippen LogP contribution in [0.5, 0.6) is 0 Å². The summed E-state index contributed by atoms with van der Waals surface area (Å²) in [6.45, 7) is 9.45. The molecule has 0 aliphatic carbocycles. The average molecular weight is 241 g/mol. The van der Waals surface area contributed by atoms with E-state index in [9.17, 15) is 0 Å². The average Bonchev–Trinajstić information content (AvgIpc) is 2.34. The molecule has 0 spiro atoms. The number of nitrogens with one attached hydrogen (secondary N) is 1. The zero-order valence-electron chi connectivity index (χ0n) is 12.2. The van der Waals surface area contributed by atoms with E-state index in [2.05, 4.69) is 43.1 Å². The molecule has 3 nitrogen and oxygen atoms in total. The van der Waals surface area contributed by atoms with Gasteiger partial charge in [-0.2, -0.15) is 0 Å². The molecule has 0 bridgehead atoms. The van der Waals surface area contributed by atoms with Crippen molar-refractivity contribution in [2.75, 3.05) is 40.3 Å². The highest BCUT2D eigenvalue weighted by atomic mass is 15.2. The van der Waals surface area contributed by atoms with Crippen molar-refractivity contribution < 1.29 is 0 Å². The molecule has 1 saturated heterocycles. The Balaban J connectivity index is 2.14. The fraction of sp³-hybridized carbons (Fsp3) is 1.00. The summed E-state index contributed by atoms with van der Waals surface area (Å²) >= 11 is 0. The van der Waals surface area contributed by atoms with E-state index in [0.717, 1.165) is 12.6 Å². The summed E-state index contributed by atoms with van der Waals surface area (Å²) in [6, 6.07) is 1.49. The molecule has 1 aliphatic heterocycles. The minimum absolute atomic E-state index is 0.690. The van der Waals surface area contributed by atoms with Crippen LogP contribution in [0.25, 0.3) is 0 Å². The molecule has 1 heterocycles. The quantitative estimate of drug-likeness (QED) is 0.686. The molecule has 1 N–H and O–H groups in total. The van der Waals surface area contributed by atoms with E-state index in [1.54, 1.807) is 0 Å². The lowest BCUT2D eigenvalue weighted by Gasteiger charge is -2.38. The standard InChI is InChI=1S/C14H31N3/c1-5-6-9-15-12-13(2)17-10-7-14(8-11-17)16(3)4/h13-15H,5-12H2,1-4H3. The largest absolute Gasteiger partial charge is 0.315 e. The fourth-order valence-electron chi connectivity index (χ4n) is 2.58. The van der Waals surface area contributed by atoms with E-state index in [1.165, 1.54) is 45.3 Å². The van der Waals surface area contributed by atoms with Gasteiger partial charge in [0.15, 0.2) is 0 Å². The molecule has 3 heteroatoms. The van der Waals surface area contributed by atoms with Crippen LogP contribution in [0.1, 0.15) is 39.5 Å². The number of hydrogen-bond donors (Lipinski definition) is 1. The molecule has 1 rings (SSSR count). The monoisotopic (exact) mass is 241 g/mol. The SMILES string of the molecule is CCCCNCC(C)N1CCC(N(C)C)CC1. The number of hydrogen-bond acceptors (Lipinski definition) is 3. The van der Waals surface area contributed by atoms with E-state index in [1.807, 2.05) is 0 Å². The lowest BCUT2D eigenvalue weighted by molar-refractivity contribution is 0.114. The van der Waals surface area contributed by atoms with E-state index in [0.29, 0.717) is 6.04 Å². The molecular weight excluding hydrogens is 210 g/mol. The molecular formula is C14H31N3. The highest BCUT2D eigenvalue weighted by molar-refractivity contribution is 4.80. The second-order valence-electron chi connectivity index (χ2n) is 5.64. The molecule has 0 aromatic heterocycles. The van der Waals surface area contributed by atoms with Crippen LogP contribution in [0, 0.1) is 0 Å². The first kappa shape index (κ1) is 14.9. The van der Waals surface area contributed by atoms with Crippen LogP contribution >= 0.6 is 0 Å². The molecule has 0 aromatic rings. The Bertz CT molecular complexity index is 186. The summed E-state index contributed by atoms with van der Waals surface area (Å²) in [5, 5.41) is 3.57. The highest BCUT2D eigenvalue weighted by Gasteiger charge is 2.23. The summed E-state index contributed by atoms with van der Waals surface area (Å²) in [5.74, 6) is 0. The third-order valence-electron chi connectivity index (χ3n) is 4.00. The number of rotatable bonds is 7. The first-order valence-electron chi connectivity index (χ1n) is 7.26. The molecule has 1 fully saturated rings. The van der Waals surface area contributed by atoms with Crippen LogP contribution in [-0.4, -0.2) is 62.2 Å². The summed E-state index contributed by atoms with van der Waals surface area (Å²) in [6.07, 6.45) is 5.24. The van der Waals surface area contributed by atoms with Crippen molar-refractivity contribution in [3.8, 4) is 0 Å². The smallest absolute Gasteiger partial charge is 0.0192 e. The maximum absolute atomic E-state index is 3.57. The maximum atomic E-state index is 3.57. The van der Waals surface area contributed by atoms with E-state index >= 15 is 0 Å². The molecule has 0 aromatic carbocycles. The summed E-state index contributed by atoms with van der Waals surface area (Å²) in [5.41, 5.74) is 0. The summed E-state index contributed by atoms with van der Waals surface area (Å²) < 4.78 is 0. The minimum Gasteiger partial charge on any atom is -0.315 e. The van der Waals surface area contributed by atoms with Crippen molar-refractivity contribution in [3.05, 3.63) is 0 Å². The van der Waals surface area contributed by atoms with Crippen LogP contribution in [0.2, 0.25) is 0 Å². The Kier molecular flexibility index (Phi) is 7.09. The Labute approximate surface area is 108 Å². The summed E-state index contributed by atoms with van der Waals surface area (Å²) in [7, 11) is 4.41. The zero-order valence-corrected chi connectivity index (χ0v) is 12.2. The highest BCUT2D eigenvalue weighted by Crippen LogP contribution is 2.15. The van der Waals surface area contributed by atoms with Gasteiger partial charge in [-0.05, 0) is 59.9 Å². The molecule has 0 saturated carbocycles. The molecule has 1 unspecified atom stereocenters. The van der Waals surface area contributed by atoms with E-state index in [4.69, 9.17) is 0 Å². The second-order valence-corrected chi connectivity index (χ2v) is 5.64. The first-order valence-corrected chi connectivity index (χ1v) is 7.26. The van der Waals surface area contributed by atoms with Gasteiger partial charge in [-0.3, -0.25) is 4.90 Å². The predicted octanol–water partition coefficient (Wildman–Crippen LogP) is 1.79. The van der Waals surface area contributed by atoms with E-state index < -0.39 is 0 Å². The number of piperidine rings is 1. The van der Waals surface area contributed by atoms with Crippen molar-refractivity contribution in [3.63, 3.8) is 0 Å². The lowest BCUT2D eigenvalue weighted by Crippen LogP contribution is -2.48. The van der Waals surface area contributed by atoms with Crippen molar-refractivity contribution in [2.24, 2.45) is 0 Å². The van der Waals surface area contributed by atoms with Gasteiger partial charge in [0.05, 0.1) is 0 Å². The Morgan fingerprint density at radius 1 is 1.29 bits per heavy atom. The normalized spacial score (nSPS) is 21.0. The van der Waals surface area contributed by atoms with Gasteiger partial charge in [0.25, 0.3) is 0 Å². The van der Waals surface area contributed by atoms with Gasteiger partial charge in [0, 0.05) is 18.6 Å². The zero-order chi connectivity index (χ0) is 12.7. The second kappa shape index (κ2) is 8.06. The molecule has 1 atom stereocenters. The van der Waals surface area contributed by atoms with Gasteiger partial charge in [0.1, 0.15) is 0 Å². The molecule has 0 amide bonds. The molecule has 0 radical (unpaired) electrons. The van der Waals surface area contributed by atoms with Crippen LogP contribution in [-0.2, 0) is 0 Å². The predicted molar refractivity (Wildman–Crippen MR) is 75.5 cm³/mol. The van der Waals surface area contributed by atoms with Gasteiger partial charge < -0.3 is 10.2 Å². The van der Waals surface area contributed by atoms with Crippen LogP contribution < -0.4 is 5.32 Å². The first-order chi connectivity index (χ1) is 8.15. The van der Waals surface area contributed by atoms with Gasteiger partial charge in [0.2, 0.25) is 0 Å². The maximum Gasteiger partial charge on any atom is 0.0192 e. The Morgan fingerprint density at radius 3 is 2.47 bits per heavy atom. The minimum atomic E-state index is 0.690. The van der Waals surface area contributed by atoms with Gasteiger partial charge in [-0.1, -0.05) is 13.3 Å². The Morgan fingerprint density at radius 2 is 1.94 bits per heavy atom.